The first-order chi connectivity index (χ1) is 15.4. The Morgan fingerprint density at radius 2 is 1.44 bits per heavy atom. The number of ether oxygens (including phenoxy) is 1. The van der Waals surface area contributed by atoms with Gasteiger partial charge in [-0.2, -0.15) is 0 Å². The van der Waals surface area contributed by atoms with Gasteiger partial charge < -0.3 is 19.1 Å². The van der Waals surface area contributed by atoms with Crippen molar-refractivity contribution in [2.24, 2.45) is 0 Å². The third-order valence-corrected chi connectivity index (χ3v) is 6.11. The highest BCUT2D eigenvalue weighted by Gasteiger charge is 2.27. The molecule has 1 aliphatic heterocycles. The molecule has 2 amide bonds. The van der Waals surface area contributed by atoms with Crippen LogP contribution in [0.15, 0.2) is 54.6 Å². The molecular weight excluding hydrogens is 402 g/mol. The lowest BCUT2D eigenvalue weighted by atomic mass is 10.1. The molecule has 0 spiro atoms. The first-order valence-corrected chi connectivity index (χ1v) is 10.9. The number of hydrogen-bond acceptors (Lipinski definition) is 3. The smallest absolute Gasteiger partial charge is 0.255 e. The van der Waals surface area contributed by atoms with E-state index in [1.165, 1.54) is 5.56 Å². The summed E-state index contributed by atoms with van der Waals surface area (Å²) in [4.78, 5) is 29.8. The minimum atomic E-state index is -0.0163. The number of carbonyl (C=O) groups is 2. The number of aryl methyl sites for hydroxylation is 2. The van der Waals surface area contributed by atoms with E-state index in [0.717, 1.165) is 28.4 Å². The molecule has 0 aliphatic carbocycles. The molecule has 0 unspecified atom stereocenters. The van der Waals surface area contributed by atoms with E-state index >= 15 is 0 Å². The van der Waals surface area contributed by atoms with Gasteiger partial charge in [-0.25, -0.2) is 0 Å². The van der Waals surface area contributed by atoms with Gasteiger partial charge in [0.05, 0.1) is 12.7 Å². The predicted octanol–water partition coefficient (Wildman–Crippen LogP) is 4.01. The average Bonchev–Trinajstić information content (AvgIpc) is 3.12. The monoisotopic (exact) mass is 431 g/mol. The van der Waals surface area contributed by atoms with Gasteiger partial charge in [-0.1, -0.05) is 12.1 Å². The van der Waals surface area contributed by atoms with Gasteiger partial charge >= 0.3 is 0 Å². The number of methoxy groups -OCH3 is 1. The van der Waals surface area contributed by atoms with Crippen molar-refractivity contribution in [1.82, 2.24) is 14.4 Å². The number of hydrogen-bond donors (Lipinski definition) is 0. The van der Waals surface area contributed by atoms with Crippen LogP contribution in [0.4, 0.5) is 0 Å². The van der Waals surface area contributed by atoms with Crippen molar-refractivity contribution < 1.29 is 14.3 Å². The Balaban J connectivity index is 1.46. The molecule has 1 aliphatic rings. The fourth-order valence-electron chi connectivity index (χ4n) is 4.34. The number of amides is 2. The van der Waals surface area contributed by atoms with Crippen LogP contribution in [0.5, 0.6) is 5.75 Å². The van der Waals surface area contributed by atoms with E-state index in [4.69, 9.17) is 4.74 Å². The highest BCUT2D eigenvalue weighted by Crippen LogP contribution is 2.23. The van der Waals surface area contributed by atoms with Crippen LogP contribution in [0, 0.1) is 20.8 Å². The second-order valence-corrected chi connectivity index (χ2v) is 8.27. The topological polar surface area (TPSA) is 54.8 Å². The van der Waals surface area contributed by atoms with Crippen molar-refractivity contribution in [2.75, 3.05) is 33.3 Å². The van der Waals surface area contributed by atoms with E-state index in [2.05, 4.69) is 29.7 Å². The molecule has 0 atom stereocenters. The molecule has 1 aromatic heterocycles. The van der Waals surface area contributed by atoms with Crippen molar-refractivity contribution in [3.8, 4) is 11.4 Å². The van der Waals surface area contributed by atoms with E-state index in [1.807, 2.05) is 35.8 Å². The average molecular weight is 432 g/mol. The normalized spacial score (nSPS) is 13.9. The van der Waals surface area contributed by atoms with Crippen LogP contribution in [0.25, 0.3) is 5.69 Å². The molecule has 2 aromatic carbocycles. The lowest BCUT2D eigenvalue weighted by molar-refractivity contribution is 0.0535. The standard InChI is InChI=1S/C26H29N3O3/c1-18-6-5-7-22(16-18)29-19(2)17-24(20(29)3)26(31)28-14-12-27(13-15-28)25(30)21-8-10-23(32-4)11-9-21/h5-11,16-17H,12-15H2,1-4H3. The minimum absolute atomic E-state index is 0.0163. The number of aromatic nitrogens is 1. The molecule has 0 bridgehead atoms. The van der Waals surface area contributed by atoms with E-state index in [0.29, 0.717) is 31.7 Å². The van der Waals surface area contributed by atoms with Crippen LogP contribution in [0.2, 0.25) is 0 Å². The first-order valence-electron chi connectivity index (χ1n) is 10.9. The zero-order chi connectivity index (χ0) is 22.8. The third kappa shape index (κ3) is 4.13. The SMILES string of the molecule is COc1ccc(C(=O)N2CCN(C(=O)c3cc(C)n(-c4cccc(C)c4)c3C)CC2)cc1. The van der Waals surface area contributed by atoms with Gasteiger partial charge in [0.25, 0.3) is 11.8 Å². The summed E-state index contributed by atoms with van der Waals surface area (Å²) >= 11 is 0. The van der Waals surface area contributed by atoms with Crippen molar-refractivity contribution in [3.63, 3.8) is 0 Å². The molecule has 0 N–H and O–H groups in total. The van der Waals surface area contributed by atoms with E-state index < -0.39 is 0 Å². The van der Waals surface area contributed by atoms with Gasteiger partial charge in [-0.05, 0) is 68.8 Å². The molecule has 1 saturated heterocycles. The molecule has 4 rings (SSSR count). The number of benzene rings is 2. The van der Waals surface area contributed by atoms with Crippen LogP contribution in [0.3, 0.4) is 0 Å². The Bertz CT molecular complexity index is 1140. The molecule has 3 aromatic rings. The Hall–Kier alpha value is -3.54. The number of rotatable bonds is 4. The maximum absolute atomic E-state index is 13.3. The van der Waals surface area contributed by atoms with Crippen molar-refractivity contribution in [3.05, 3.63) is 82.7 Å². The number of nitrogens with zero attached hydrogens (tertiary/aromatic N) is 3. The van der Waals surface area contributed by atoms with Crippen LogP contribution < -0.4 is 4.74 Å². The lowest BCUT2D eigenvalue weighted by Crippen LogP contribution is -2.50. The van der Waals surface area contributed by atoms with Gasteiger partial charge in [0, 0.05) is 48.8 Å². The third-order valence-electron chi connectivity index (χ3n) is 6.11. The molecular formula is C26H29N3O3. The molecule has 6 nitrogen and oxygen atoms in total. The summed E-state index contributed by atoms with van der Waals surface area (Å²) in [5.41, 5.74) is 5.57. The van der Waals surface area contributed by atoms with Crippen LogP contribution in [-0.2, 0) is 0 Å². The fraction of sp³-hybridized carbons (Fsp3) is 0.308. The molecule has 2 heterocycles. The maximum Gasteiger partial charge on any atom is 0.255 e. The van der Waals surface area contributed by atoms with Gasteiger partial charge in [0.1, 0.15) is 5.75 Å². The Kier molecular flexibility index (Phi) is 6.04. The summed E-state index contributed by atoms with van der Waals surface area (Å²) < 4.78 is 7.29. The van der Waals surface area contributed by atoms with E-state index in [-0.39, 0.29) is 11.8 Å². The molecule has 6 heteroatoms. The molecule has 0 radical (unpaired) electrons. The molecule has 166 valence electrons. The second-order valence-electron chi connectivity index (χ2n) is 8.27. The predicted molar refractivity (Wildman–Crippen MR) is 125 cm³/mol. The van der Waals surface area contributed by atoms with Crippen molar-refractivity contribution in [1.29, 1.82) is 0 Å². The Morgan fingerprint density at radius 1 is 0.812 bits per heavy atom. The van der Waals surface area contributed by atoms with Crippen LogP contribution in [0.1, 0.15) is 37.7 Å². The summed E-state index contributed by atoms with van der Waals surface area (Å²) in [7, 11) is 1.60. The summed E-state index contributed by atoms with van der Waals surface area (Å²) in [6, 6.07) is 17.4. The molecule has 0 saturated carbocycles. The van der Waals surface area contributed by atoms with E-state index in [1.54, 1.807) is 31.4 Å². The quantitative estimate of drug-likeness (QED) is 0.627. The summed E-state index contributed by atoms with van der Waals surface area (Å²) in [5, 5.41) is 0. The van der Waals surface area contributed by atoms with Crippen LogP contribution >= 0.6 is 0 Å². The lowest BCUT2D eigenvalue weighted by Gasteiger charge is -2.35. The zero-order valence-corrected chi connectivity index (χ0v) is 19.1. The highest BCUT2D eigenvalue weighted by molar-refractivity contribution is 5.97. The summed E-state index contributed by atoms with van der Waals surface area (Å²) in [6.07, 6.45) is 0. The maximum atomic E-state index is 13.3. The van der Waals surface area contributed by atoms with Crippen molar-refractivity contribution in [2.45, 2.75) is 20.8 Å². The van der Waals surface area contributed by atoms with Gasteiger partial charge in [0.15, 0.2) is 0 Å². The van der Waals surface area contributed by atoms with Gasteiger partial charge in [-0.15, -0.1) is 0 Å². The highest BCUT2D eigenvalue weighted by atomic mass is 16.5. The second kappa shape index (κ2) is 8.91. The minimum Gasteiger partial charge on any atom is -0.497 e. The van der Waals surface area contributed by atoms with Crippen LogP contribution in [-0.4, -0.2) is 59.5 Å². The van der Waals surface area contributed by atoms with Gasteiger partial charge in [-0.3, -0.25) is 9.59 Å². The Morgan fingerprint density at radius 3 is 2.03 bits per heavy atom. The molecule has 32 heavy (non-hydrogen) atoms. The number of carbonyl (C=O) groups excluding carboxylic acids is 2. The molecule has 1 fully saturated rings. The first kappa shape index (κ1) is 21.7. The Labute approximate surface area is 189 Å². The van der Waals surface area contributed by atoms with Gasteiger partial charge in [0.2, 0.25) is 0 Å². The fourth-order valence-corrected chi connectivity index (χ4v) is 4.34. The largest absolute Gasteiger partial charge is 0.497 e. The van der Waals surface area contributed by atoms with E-state index in [9.17, 15) is 9.59 Å². The summed E-state index contributed by atoms with van der Waals surface area (Å²) in [6.45, 7) is 8.17. The number of piperazine rings is 1. The zero-order valence-electron chi connectivity index (χ0n) is 19.1. The van der Waals surface area contributed by atoms with Crippen molar-refractivity contribution >= 4 is 11.8 Å². The summed E-state index contributed by atoms with van der Waals surface area (Å²) in [5.74, 6) is 0.728.